The molecule has 1 unspecified atom stereocenters. The number of rotatable bonds is 5. The molecule has 0 saturated carbocycles. The normalized spacial score (nSPS) is 19.1. The van der Waals surface area contributed by atoms with E-state index in [9.17, 15) is 31.4 Å². The summed E-state index contributed by atoms with van der Waals surface area (Å²) in [5.41, 5.74) is 0.0208. The summed E-state index contributed by atoms with van der Waals surface area (Å²) < 4.78 is 94.7. The third-order valence-corrected chi connectivity index (χ3v) is 6.38. The number of alkyl halides is 6. The van der Waals surface area contributed by atoms with Crippen molar-refractivity contribution in [3.05, 3.63) is 100 Å². The lowest BCUT2D eigenvalue weighted by Gasteiger charge is -2.33. The van der Waals surface area contributed by atoms with Crippen molar-refractivity contribution in [2.75, 3.05) is 18.0 Å². The number of halogens is 7. The van der Waals surface area contributed by atoms with Gasteiger partial charge in [0.1, 0.15) is 5.82 Å². The van der Waals surface area contributed by atoms with Crippen LogP contribution in [0.2, 0.25) is 0 Å². The van der Waals surface area contributed by atoms with E-state index in [1.165, 1.54) is 18.2 Å². The van der Waals surface area contributed by atoms with Crippen LogP contribution in [0.15, 0.2) is 66.7 Å². The zero-order chi connectivity index (χ0) is 25.6. The molecule has 4 rings (SSSR count). The van der Waals surface area contributed by atoms with Crippen LogP contribution in [-0.2, 0) is 18.0 Å². The molecule has 3 aromatic rings. The van der Waals surface area contributed by atoms with Crippen LogP contribution in [-0.4, -0.2) is 30.5 Å². The molecule has 1 heterocycles. The molecular weight excluding hydrogens is 475 g/mol. The standard InChI is InChI=1S/C26H22F7NO/c1-16-5-2-7-18(11-16)24(13-17-6-3-8-19(12-17)25(28,29)30)15-34(14-22(35)26(31,32)33)23-20(24)9-4-10-21(23)27/h2-12,22,35H,13-15H2,1H3/t22-,24?/m1/s1. The van der Waals surface area contributed by atoms with Gasteiger partial charge in [-0.05, 0) is 42.2 Å². The van der Waals surface area contributed by atoms with Crippen molar-refractivity contribution in [1.29, 1.82) is 0 Å². The Morgan fingerprint density at radius 2 is 1.63 bits per heavy atom. The van der Waals surface area contributed by atoms with Crippen molar-refractivity contribution in [1.82, 2.24) is 0 Å². The molecule has 0 aromatic heterocycles. The molecule has 0 fully saturated rings. The average Bonchev–Trinajstić information content (AvgIpc) is 3.08. The molecule has 0 saturated heterocycles. The second-order valence-corrected chi connectivity index (χ2v) is 8.90. The molecule has 1 aliphatic heterocycles. The van der Waals surface area contributed by atoms with E-state index in [1.807, 2.05) is 13.0 Å². The number of nitrogens with zero attached hydrogens (tertiary/aromatic N) is 1. The molecule has 1 N–H and O–H groups in total. The van der Waals surface area contributed by atoms with Crippen LogP contribution in [0, 0.1) is 12.7 Å². The van der Waals surface area contributed by atoms with Gasteiger partial charge in [-0.15, -0.1) is 0 Å². The van der Waals surface area contributed by atoms with E-state index in [0.717, 1.165) is 28.7 Å². The number of aliphatic hydroxyl groups excluding tert-OH is 1. The molecule has 2 atom stereocenters. The van der Waals surface area contributed by atoms with Crippen LogP contribution in [0.25, 0.3) is 0 Å². The minimum Gasteiger partial charge on any atom is -0.382 e. The quantitative estimate of drug-likeness (QED) is 0.411. The van der Waals surface area contributed by atoms with Crippen molar-refractivity contribution in [3.63, 3.8) is 0 Å². The van der Waals surface area contributed by atoms with E-state index in [4.69, 9.17) is 0 Å². The highest BCUT2D eigenvalue weighted by Crippen LogP contribution is 2.49. The van der Waals surface area contributed by atoms with Gasteiger partial charge in [0, 0.05) is 12.0 Å². The van der Waals surface area contributed by atoms with Crippen LogP contribution in [0.5, 0.6) is 0 Å². The first-order valence-corrected chi connectivity index (χ1v) is 10.8. The van der Waals surface area contributed by atoms with E-state index >= 15 is 4.39 Å². The first-order valence-electron chi connectivity index (χ1n) is 10.8. The van der Waals surface area contributed by atoms with E-state index in [1.54, 1.807) is 24.3 Å². The number of anilines is 1. The second-order valence-electron chi connectivity index (χ2n) is 8.90. The third kappa shape index (κ3) is 4.87. The van der Waals surface area contributed by atoms with Gasteiger partial charge >= 0.3 is 12.4 Å². The Kier molecular flexibility index (Phi) is 6.34. The Morgan fingerprint density at radius 1 is 0.943 bits per heavy atom. The van der Waals surface area contributed by atoms with Crippen molar-refractivity contribution in [2.24, 2.45) is 0 Å². The van der Waals surface area contributed by atoms with Gasteiger partial charge in [0.2, 0.25) is 0 Å². The highest BCUT2D eigenvalue weighted by Gasteiger charge is 2.48. The number of fused-ring (bicyclic) bond motifs is 1. The van der Waals surface area contributed by atoms with Gasteiger partial charge in [-0.3, -0.25) is 0 Å². The van der Waals surface area contributed by atoms with E-state index in [-0.39, 0.29) is 18.7 Å². The minimum absolute atomic E-state index is 0.0184. The van der Waals surface area contributed by atoms with Crippen molar-refractivity contribution in [2.45, 2.75) is 37.2 Å². The summed E-state index contributed by atoms with van der Waals surface area (Å²) in [7, 11) is 0. The van der Waals surface area contributed by atoms with Crippen molar-refractivity contribution < 1.29 is 35.8 Å². The topological polar surface area (TPSA) is 23.5 Å². The molecule has 35 heavy (non-hydrogen) atoms. The molecule has 0 amide bonds. The van der Waals surface area contributed by atoms with Crippen molar-refractivity contribution in [3.8, 4) is 0 Å². The Hall–Kier alpha value is -3.07. The number of hydrogen-bond acceptors (Lipinski definition) is 2. The Bertz CT molecular complexity index is 1220. The highest BCUT2D eigenvalue weighted by molar-refractivity contribution is 5.68. The highest BCUT2D eigenvalue weighted by atomic mass is 19.4. The molecular formula is C26H22F7NO. The Morgan fingerprint density at radius 3 is 2.29 bits per heavy atom. The average molecular weight is 497 g/mol. The van der Waals surface area contributed by atoms with Gasteiger partial charge in [0.25, 0.3) is 0 Å². The fourth-order valence-electron chi connectivity index (χ4n) is 4.83. The number of para-hydroxylation sites is 1. The lowest BCUT2D eigenvalue weighted by atomic mass is 9.71. The number of aryl methyl sites for hydroxylation is 1. The van der Waals surface area contributed by atoms with Gasteiger partial charge in [0.05, 0.1) is 17.8 Å². The zero-order valence-corrected chi connectivity index (χ0v) is 18.6. The van der Waals surface area contributed by atoms with Crippen LogP contribution in [0.3, 0.4) is 0 Å². The van der Waals surface area contributed by atoms with Crippen LogP contribution in [0.1, 0.15) is 27.8 Å². The third-order valence-electron chi connectivity index (χ3n) is 6.38. The molecule has 9 heteroatoms. The maximum Gasteiger partial charge on any atom is 0.416 e. The van der Waals surface area contributed by atoms with Gasteiger partial charge in [0.15, 0.2) is 6.10 Å². The predicted octanol–water partition coefficient (Wildman–Crippen LogP) is 6.42. The maximum absolute atomic E-state index is 15.0. The molecule has 2 nitrogen and oxygen atoms in total. The van der Waals surface area contributed by atoms with Crippen molar-refractivity contribution >= 4 is 5.69 Å². The van der Waals surface area contributed by atoms with Gasteiger partial charge in [-0.2, -0.15) is 26.3 Å². The number of benzene rings is 3. The van der Waals surface area contributed by atoms with E-state index in [2.05, 4.69) is 0 Å². The summed E-state index contributed by atoms with van der Waals surface area (Å²) in [6.45, 7) is 0.748. The van der Waals surface area contributed by atoms with Gasteiger partial charge < -0.3 is 10.0 Å². The molecule has 3 aromatic carbocycles. The Balaban J connectivity index is 1.89. The molecule has 0 radical (unpaired) electrons. The largest absolute Gasteiger partial charge is 0.416 e. The molecule has 1 aliphatic rings. The fraction of sp³-hybridized carbons (Fsp3) is 0.308. The van der Waals surface area contributed by atoms with Gasteiger partial charge in [-0.25, -0.2) is 4.39 Å². The lowest BCUT2D eigenvalue weighted by molar-refractivity contribution is -0.200. The summed E-state index contributed by atoms with van der Waals surface area (Å²) in [5, 5.41) is 9.75. The monoisotopic (exact) mass is 497 g/mol. The van der Waals surface area contributed by atoms with Crippen LogP contribution >= 0.6 is 0 Å². The minimum atomic E-state index is -4.92. The summed E-state index contributed by atoms with van der Waals surface area (Å²) in [5.74, 6) is -0.768. The Labute approximate surface area is 197 Å². The maximum atomic E-state index is 15.0. The van der Waals surface area contributed by atoms with Crippen LogP contribution in [0.4, 0.5) is 36.4 Å². The summed E-state index contributed by atoms with van der Waals surface area (Å²) >= 11 is 0. The van der Waals surface area contributed by atoms with E-state index in [0.29, 0.717) is 16.7 Å². The molecule has 0 aliphatic carbocycles. The predicted molar refractivity (Wildman–Crippen MR) is 118 cm³/mol. The summed E-state index contributed by atoms with van der Waals surface area (Å²) in [6.07, 6.45) is -12.2. The SMILES string of the molecule is Cc1cccc(C2(Cc3cccc(C(F)(F)F)c3)CN(C[C@@H](O)C(F)(F)F)c3c(F)cccc32)c1. The number of aliphatic hydroxyl groups is 1. The summed E-state index contributed by atoms with van der Waals surface area (Å²) in [6, 6.07) is 15.9. The molecule has 0 bridgehead atoms. The van der Waals surface area contributed by atoms with Crippen LogP contribution < -0.4 is 4.90 Å². The molecule has 186 valence electrons. The first-order chi connectivity index (χ1) is 16.3. The molecule has 0 spiro atoms. The van der Waals surface area contributed by atoms with E-state index < -0.39 is 41.8 Å². The smallest absolute Gasteiger partial charge is 0.382 e. The first kappa shape index (κ1) is 25.0. The fourth-order valence-corrected chi connectivity index (χ4v) is 4.83. The number of β-amino-alcohol motifs (C(OH)–C–C–N with tert-alkyl or cyclic N) is 1. The zero-order valence-electron chi connectivity index (χ0n) is 18.6. The lowest BCUT2D eigenvalue weighted by Crippen LogP contribution is -2.44. The van der Waals surface area contributed by atoms with Gasteiger partial charge in [-0.1, -0.05) is 60.2 Å². The second kappa shape index (κ2) is 8.86. The summed E-state index contributed by atoms with van der Waals surface area (Å²) in [4.78, 5) is 1.14. The number of hydrogen-bond donors (Lipinski definition) is 1.